The summed E-state index contributed by atoms with van der Waals surface area (Å²) in [4.78, 5) is 8.89. The lowest BCUT2D eigenvalue weighted by atomic mass is 10.2. The van der Waals surface area contributed by atoms with Crippen molar-refractivity contribution < 1.29 is 4.52 Å². The Balaban J connectivity index is 2.01. The minimum absolute atomic E-state index is 0.127. The fraction of sp³-hybridized carbons (Fsp3) is 0.471. The van der Waals surface area contributed by atoms with Crippen molar-refractivity contribution in [3.63, 3.8) is 0 Å². The second kappa shape index (κ2) is 9.10. The van der Waals surface area contributed by atoms with Gasteiger partial charge in [-0.1, -0.05) is 16.8 Å². The number of rotatable bonds is 7. The van der Waals surface area contributed by atoms with E-state index in [0.717, 1.165) is 24.6 Å². The molecular formula is C17H24ClN5OS. The number of nitrogens with one attached hydrogen (secondary N) is 2. The van der Waals surface area contributed by atoms with Crippen LogP contribution in [0.1, 0.15) is 26.7 Å². The summed E-state index contributed by atoms with van der Waals surface area (Å²) >= 11 is 7.70. The number of hydrogen-bond acceptors (Lipinski definition) is 5. The topological polar surface area (TPSA) is 75.3 Å². The zero-order chi connectivity index (χ0) is 18.3. The number of benzene rings is 1. The second-order valence-electron chi connectivity index (χ2n) is 6.03. The maximum atomic E-state index is 5.89. The molecule has 1 aromatic carbocycles. The first-order valence-corrected chi connectivity index (χ1v) is 9.69. The highest BCUT2D eigenvalue weighted by molar-refractivity contribution is 7.99. The number of hydrogen-bond donors (Lipinski definition) is 2. The quantitative estimate of drug-likeness (QED) is 0.564. The lowest BCUT2D eigenvalue weighted by Crippen LogP contribution is -2.43. The van der Waals surface area contributed by atoms with E-state index in [2.05, 4.69) is 45.9 Å². The number of guanidine groups is 1. The maximum Gasteiger partial charge on any atom is 0.248 e. The molecule has 0 bridgehead atoms. The zero-order valence-electron chi connectivity index (χ0n) is 15.0. The van der Waals surface area contributed by atoms with Gasteiger partial charge in [0.25, 0.3) is 0 Å². The van der Waals surface area contributed by atoms with Gasteiger partial charge in [0, 0.05) is 28.4 Å². The van der Waals surface area contributed by atoms with Gasteiger partial charge in [0.15, 0.2) is 5.96 Å². The Kier molecular flexibility index (Phi) is 7.13. The van der Waals surface area contributed by atoms with Crippen LogP contribution < -0.4 is 10.6 Å². The number of nitrogens with zero attached hydrogens (tertiary/aromatic N) is 3. The van der Waals surface area contributed by atoms with Gasteiger partial charge in [-0.2, -0.15) is 16.7 Å². The molecule has 0 aliphatic carbocycles. The third-order valence-electron chi connectivity index (χ3n) is 3.52. The van der Waals surface area contributed by atoms with Crippen molar-refractivity contribution in [1.29, 1.82) is 0 Å². The minimum Gasteiger partial charge on any atom is -0.357 e. The summed E-state index contributed by atoms with van der Waals surface area (Å²) in [5, 5.41) is 11.2. The summed E-state index contributed by atoms with van der Waals surface area (Å²) < 4.78 is 5.41. The van der Waals surface area contributed by atoms with Crippen LogP contribution in [0.4, 0.5) is 0 Å². The van der Waals surface area contributed by atoms with Crippen LogP contribution in [-0.2, 0) is 6.54 Å². The molecule has 25 heavy (non-hydrogen) atoms. The van der Waals surface area contributed by atoms with Gasteiger partial charge in [0.05, 0.1) is 0 Å². The number of thioether (sulfide) groups is 1. The highest BCUT2D eigenvalue weighted by Gasteiger charge is 2.16. The fourth-order valence-corrected chi connectivity index (χ4v) is 2.23. The fourth-order valence-electron chi connectivity index (χ4n) is 1.89. The largest absolute Gasteiger partial charge is 0.357 e. The Hall–Kier alpha value is -1.73. The molecule has 0 radical (unpaired) electrons. The summed E-state index contributed by atoms with van der Waals surface area (Å²) in [6.45, 7) is 8.30. The molecule has 2 rings (SSSR count). The van der Waals surface area contributed by atoms with Crippen molar-refractivity contribution in [1.82, 2.24) is 20.8 Å². The van der Waals surface area contributed by atoms with Gasteiger partial charge < -0.3 is 15.2 Å². The molecule has 8 heteroatoms. The SMILES string of the molecule is CCNC(=NCc1nc(-c2ccc(Cl)cc2)no1)NCC(C)(C)SC. The summed E-state index contributed by atoms with van der Waals surface area (Å²) in [6, 6.07) is 7.31. The molecule has 0 saturated heterocycles. The van der Waals surface area contributed by atoms with Crippen LogP contribution >= 0.6 is 23.4 Å². The predicted molar refractivity (Wildman–Crippen MR) is 105 cm³/mol. The molecule has 0 saturated carbocycles. The first-order valence-electron chi connectivity index (χ1n) is 8.09. The number of halogens is 1. The molecule has 0 aliphatic heterocycles. The monoisotopic (exact) mass is 381 g/mol. The molecule has 0 unspecified atom stereocenters. The molecule has 2 aromatic rings. The lowest BCUT2D eigenvalue weighted by molar-refractivity contribution is 0.380. The normalized spacial score (nSPS) is 12.3. The highest BCUT2D eigenvalue weighted by Crippen LogP contribution is 2.20. The highest BCUT2D eigenvalue weighted by atomic mass is 35.5. The molecule has 0 atom stereocenters. The average Bonchev–Trinajstić information content (AvgIpc) is 3.07. The van der Waals surface area contributed by atoms with Crippen molar-refractivity contribution in [3.05, 3.63) is 35.2 Å². The molecule has 0 fully saturated rings. The standard InChI is InChI=1S/C17H24ClN5OS/c1-5-19-16(21-11-17(2,3)25-4)20-10-14-22-15(23-24-14)12-6-8-13(18)9-7-12/h6-9H,5,10-11H2,1-4H3,(H2,19,20,21). The third kappa shape index (κ3) is 6.25. The van der Waals surface area contributed by atoms with E-state index in [9.17, 15) is 0 Å². The van der Waals surface area contributed by atoms with Gasteiger partial charge in [0.1, 0.15) is 6.54 Å². The van der Waals surface area contributed by atoms with E-state index in [1.807, 2.05) is 30.8 Å². The molecule has 0 aliphatic rings. The van der Waals surface area contributed by atoms with Crippen molar-refractivity contribution in [3.8, 4) is 11.4 Å². The Morgan fingerprint density at radius 1 is 1.28 bits per heavy atom. The average molecular weight is 382 g/mol. The Labute approximate surface area is 157 Å². The van der Waals surface area contributed by atoms with Crippen molar-refractivity contribution in [2.75, 3.05) is 19.3 Å². The minimum atomic E-state index is 0.127. The van der Waals surface area contributed by atoms with Crippen LogP contribution in [0.2, 0.25) is 5.02 Å². The molecule has 0 spiro atoms. The molecular weight excluding hydrogens is 358 g/mol. The lowest BCUT2D eigenvalue weighted by Gasteiger charge is -2.23. The number of aliphatic imine (C=N–C) groups is 1. The van der Waals surface area contributed by atoms with Gasteiger partial charge in [-0.25, -0.2) is 4.99 Å². The van der Waals surface area contributed by atoms with Crippen molar-refractivity contribution in [2.24, 2.45) is 4.99 Å². The van der Waals surface area contributed by atoms with Gasteiger partial charge >= 0.3 is 0 Å². The van der Waals surface area contributed by atoms with Crippen molar-refractivity contribution >= 4 is 29.3 Å². The zero-order valence-corrected chi connectivity index (χ0v) is 16.5. The molecule has 1 aromatic heterocycles. The second-order valence-corrected chi connectivity index (χ2v) is 7.98. The van der Waals surface area contributed by atoms with Crippen LogP contribution in [0.3, 0.4) is 0 Å². The van der Waals surface area contributed by atoms with E-state index in [0.29, 0.717) is 23.3 Å². The molecule has 136 valence electrons. The van der Waals surface area contributed by atoms with Crippen LogP contribution in [0.15, 0.2) is 33.8 Å². The first-order chi connectivity index (χ1) is 11.9. The van der Waals surface area contributed by atoms with Crippen LogP contribution in [0.5, 0.6) is 0 Å². The first kappa shape index (κ1) is 19.6. The van der Waals surface area contributed by atoms with E-state index in [-0.39, 0.29) is 4.75 Å². The van der Waals surface area contributed by atoms with Gasteiger partial charge in [-0.3, -0.25) is 0 Å². The van der Waals surface area contributed by atoms with Crippen molar-refractivity contribution in [2.45, 2.75) is 32.1 Å². The van der Waals surface area contributed by atoms with Gasteiger partial charge in [-0.05, 0) is 51.3 Å². The summed E-state index contributed by atoms with van der Waals surface area (Å²) in [7, 11) is 0. The van der Waals surface area contributed by atoms with Crippen LogP contribution in [0.25, 0.3) is 11.4 Å². The van der Waals surface area contributed by atoms with Gasteiger partial charge in [-0.15, -0.1) is 0 Å². The molecule has 2 N–H and O–H groups in total. The Bertz CT molecular complexity index is 699. The molecule has 0 amide bonds. The van der Waals surface area contributed by atoms with Crippen LogP contribution in [-0.4, -0.2) is 40.2 Å². The van der Waals surface area contributed by atoms with E-state index in [4.69, 9.17) is 16.1 Å². The summed E-state index contributed by atoms with van der Waals surface area (Å²) in [5.41, 5.74) is 0.857. The van der Waals surface area contributed by atoms with Crippen LogP contribution in [0, 0.1) is 0 Å². The summed E-state index contributed by atoms with van der Waals surface area (Å²) in [5.74, 6) is 1.73. The molecule has 1 heterocycles. The van der Waals surface area contributed by atoms with E-state index in [1.165, 1.54) is 0 Å². The predicted octanol–water partition coefficient (Wildman–Crippen LogP) is 3.59. The maximum absolute atomic E-state index is 5.89. The summed E-state index contributed by atoms with van der Waals surface area (Å²) in [6.07, 6.45) is 2.10. The van der Waals surface area contributed by atoms with Gasteiger partial charge in [0.2, 0.25) is 11.7 Å². The number of aromatic nitrogens is 2. The Morgan fingerprint density at radius 2 is 2.00 bits per heavy atom. The third-order valence-corrected chi connectivity index (χ3v) is 5.02. The smallest absolute Gasteiger partial charge is 0.248 e. The van der Waals surface area contributed by atoms with E-state index >= 15 is 0 Å². The van der Waals surface area contributed by atoms with E-state index in [1.54, 1.807) is 12.1 Å². The molecule has 6 nitrogen and oxygen atoms in total. The Morgan fingerprint density at radius 3 is 2.64 bits per heavy atom. The van der Waals surface area contributed by atoms with E-state index < -0.39 is 0 Å².